The van der Waals surface area contributed by atoms with Gasteiger partial charge in [0.25, 0.3) is 0 Å². The highest BCUT2D eigenvalue weighted by Gasteiger charge is 2.02. The summed E-state index contributed by atoms with van der Waals surface area (Å²) in [5, 5.41) is 8.45. The number of nitrogen functional groups attached to an aromatic ring is 1. The Labute approximate surface area is 104 Å². The van der Waals surface area contributed by atoms with Crippen molar-refractivity contribution in [2.45, 2.75) is 30.6 Å². The molecule has 0 saturated heterocycles. The van der Waals surface area contributed by atoms with Crippen LogP contribution in [0.4, 0.5) is 10.1 Å². The fourth-order valence-electron chi connectivity index (χ4n) is 1.39. The van der Waals surface area contributed by atoms with Crippen LogP contribution in [0.1, 0.15) is 25.7 Å². The van der Waals surface area contributed by atoms with E-state index in [9.17, 15) is 9.18 Å². The van der Waals surface area contributed by atoms with Crippen molar-refractivity contribution in [1.29, 1.82) is 0 Å². The number of rotatable bonds is 7. The number of thioether (sulfide) groups is 1. The molecule has 0 saturated carbocycles. The second-order valence-electron chi connectivity index (χ2n) is 3.74. The number of halogens is 1. The van der Waals surface area contributed by atoms with Crippen molar-refractivity contribution in [3.8, 4) is 0 Å². The van der Waals surface area contributed by atoms with Crippen molar-refractivity contribution in [1.82, 2.24) is 0 Å². The molecule has 0 unspecified atom stereocenters. The fraction of sp³-hybridized carbons (Fsp3) is 0.417. The van der Waals surface area contributed by atoms with Gasteiger partial charge in [-0.15, -0.1) is 11.8 Å². The van der Waals surface area contributed by atoms with Gasteiger partial charge in [-0.25, -0.2) is 4.39 Å². The van der Waals surface area contributed by atoms with Crippen molar-refractivity contribution in [2.75, 3.05) is 11.5 Å². The number of carboxylic acid groups (broad SMARTS) is 1. The summed E-state index contributed by atoms with van der Waals surface area (Å²) >= 11 is 1.58. The van der Waals surface area contributed by atoms with E-state index in [1.807, 2.05) is 0 Å². The first-order valence-corrected chi connectivity index (χ1v) is 6.48. The molecule has 0 spiro atoms. The summed E-state index contributed by atoms with van der Waals surface area (Å²) in [5.41, 5.74) is 6.12. The number of hydrogen-bond acceptors (Lipinski definition) is 3. The summed E-state index contributed by atoms with van der Waals surface area (Å²) in [4.78, 5) is 11.2. The van der Waals surface area contributed by atoms with Crippen LogP contribution >= 0.6 is 11.8 Å². The molecule has 0 radical (unpaired) electrons. The molecule has 1 aromatic rings. The van der Waals surface area contributed by atoms with Gasteiger partial charge >= 0.3 is 5.97 Å². The first-order chi connectivity index (χ1) is 8.09. The van der Waals surface area contributed by atoms with E-state index < -0.39 is 5.97 Å². The third-order valence-electron chi connectivity index (χ3n) is 2.26. The molecule has 0 fully saturated rings. The van der Waals surface area contributed by atoms with E-state index in [-0.39, 0.29) is 12.2 Å². The summed E-state index contributed by atoms with van der Waals surface area (Å²) in [7, 11) is 0. The molecular weight excluding hydrogens is 241 g/mol. The quantitative estimate of drug-likeness (QED) is 0.447. The van der Waals surface area contributed by atoms with Crippen LogP contribution in [0.15, 0.2) is 23.1 Å². The van der Waals surface area contributed by atoms with E-state index >= 15 is 0 Å². The summed E-state index contributed by atoms with van der Waals surface area (Å²) in [5.74, 6) is -0.205. The van der Waals surface area contributed by atoms with Crippen molar-refractivity contribution < 1.29 is 14.3 Å². The minimum Gasteiger partial charge on any atom is -0.481 e. The van der Waals surface area contributed by atoms with E-state index in [2.05, 4.69) is 0 Å². The lowest BCUT2D eigenvalue weighted by Crippen LogP contribution is -1.94. The number of nitrogens with two attached hydrogens (primary N) is 1. The van der Waals surface area contributed by atoms with Crippen molar-refractivity contribution in [3.05, 3.63) is 24.0 Å². The highest BCUT2D eigenvalue weighted by Crippen LogP contribution is 2.26. The van der Waals surface area contributed by atoms with Gasteiger partial charge in [0.05, 0.1) is 0 Å². The van der Waals surface area contributed by atoms with Crippen LogP contribution in [0.5, 0.6) is 0 Å². The van der Waals surface area contributed by atoms with Gasteiger partial charge in [0.1, 0.15) is 5.82 Å². The Kier molecular flexibility index (Phi) is 5.83. The summed E-state index contributed by atoms with van der Waals surface area (Å²) < 4.78 is 12.8. The van der Waals surface area contributed by atoms with Gasteiger partial charge in [0, 0.05) is 17.0 Å². The molecule has 0 aliphatic carbocycles. The third-order valence-corrected chi connectivity index (χ3v) is 3.44. The molecule has 5 heteroatoms. The lowest BCUT2D eigenvalue weighted by Gasteiger charge is -2.05. The highest BCUT2D eigenvalue weighted by molar-refractivity contribution is 7.99. The van der Waals surface area contributed by atoms with Gasteiger partial charge in [-0.1, -0.05) is 6.42 Å². The molecule has 1 rings (SSSR count). The molecule has 0 atom stereocenters. The molecule has 17 heavy (non-hydrogen) atoms. The molecule has 0 bridgehead atoms. The highest BCUT2D eigenvalue weighted by atomic mass is 32.2. The first-order valence-electron chi connectivity index (χ1n) is 5.49. The Morgan fingerprint density at radius 3 is 2.76 bits per heavy atom. The number of benzene rings is 1. The summed E-state index contributed by atoms with van der Waals surface area (Å²) in [6, 6.07) is 4.38. The van der Waals surface area contributed by atoms with Gasteiger partial charge in [-0.05, 0) is 36.8 Å². The summed E-state index contributed by atoms with van der Waals surface area (Å²) in [6.45, 7) is 0. The number of aliphatic carboxylic acids is 1. The minimum absolute atomic E-state index is 0.226. The van der Waals surface area contributed by atoms with E-state index in [1.54, 1.807) is 17.8 Å². The number of carbonyl (C=O) groups is 1. The zero-order chi connectivity index (χ0) is 12.7. The Morgan fingerprint density at radius 2 is 2.12 bits per heavy atom. The second kappa shape index (κ2) is 7.17. The maximum atomic E-state index is 12.8. The monoisotopic (exact) mass is 257 g/mol. The van der Waals surface area contributed by atoms with E-state index in [1.165, 1.54) is 12.1 Å². The van der Waals surface area contributed by atoms with Gasteiger partial charge < -0.3 is 10.8 Å². The van der Waals surface area contributed by atoms with Crippen molar-refractivity contribution in [2.24, 2.45) is 0 Å². The molecule has 0 aromatic heterocycles. The molecule has 0 aliphatic heterocycles. The Bertz CT molecular complexity index is 385. The van der Waals surface area contributed by atoms with E-state index in [4.69, 9.17) is 10.8 Å². The normalized spacial score (nSPS) is 10.4. The molecule has 3 N–H and O–H groups in total. The maximum absolute atomic E-state index is 12.8. The predicted octanol–water partition coefficient (Wildman–Crippen LogP) is 3.15. The number of anilines is 1. The van der Waals surface area contributed by atoms with Crippen LogP contribution in [0, 0.1) is 5.82 Å². The Morgan fingerprint density at radius 1 is 1.35 bits per heavy atom. The number of hydrogen-bond donors (Lipinski definition) is 2. The molecule has 0 aliphatic rings. The van der Waals surface area contributed by atoms with Crippen molar-refractivity contribution in [3.63, 3.8) is 0 Å². The largest absolute Gasteiger partial charge is 0.481 e. The topological polar surface area (TPSA) is 63.3 Å². The van der Waals surface area contributed by atoms with Gasteiger partial charge in [-0.2, -0.15) is 0 Å². The van der Waals surface area contributed by atoms with Crippen molar-refractivity contribution >= 4 is 23.4 Å². The van der Waals surface area contributed by atoms with Crippen LogP contribution in [-0.4, -0.2) is 16.8 Å². The van der Waals surface area contributed by atoms with Gasteiger partial charge in [0.15, 0.2) is 0 Å². The lowest BCUT2D eigenvalue weighted by molar-refractivity contribution is -0.137. The Hall–Kier alpha value is -1.23. The van der Waals surface area contributed by atoms with Crippen LogP contribution in [-0.2, 0) is 4.79 Å². The SMILES string of the molecule is Nc1cc(F)ccc1SCCCCCC(=O)O. The minimum atomic E-state index is -0.750. The fourth-order valence-corrected chi connectivity index (χ4v) is 2.35. The third kappa shape index (κ3) is 5.58. The standard InChI is InChI=1S/C12H16FNO2S/c13-9-5-6-11(10(14)8-9)17-7-3-1-2-4-12(15)16/h5-6,8H,1-4,7,14H2,(H,15,16). The summed E-state index contributed by atoms with van der Waals surface area (Å²) in [6.07, 6.45) is 2.76. The van der Waals surface area contributed by atoms with E-state index in [0.717, 1.165) is 23.5 Å². The predicted molar refractivity (Wildman–Crippen MR) is 67.6 cm³/mol. The molecule has 3 nitrogen and oxygen atoms in total. The van der Waals surface area contributed by atoms with E-state index in [0.29, 0.717) is 12.1 Å². The smallest absolute Gasteiger partial charge is 0.303 e. The zero-order valence-corrected chi connectivity index (χ0v) is 10.3. The molecule has 0 amide bonds. The van der Waals surface area contributed by atoms with Gasteiger partial charge in [0.2, 0.25) is 0 Å². The average molecular weight is 257 g/mol. The van der Waals surface area contributed by atoms with Crippen LogP contribution < -0.4 is 5.73 Å². The van der Waals surface area contributed by atoms with Crippen LogP contribution in [0.25, 0.3) is 0 Å². The average Bonchev–Trinajstić information content (AvgIpc) is 2.25. The Balaban J connectivity index is 2.20. The van der Waals surface area contributed by atoms with Gasteiger partial charge in [-0.3, -0.25) is 4.79 Å². The zero-order valence-electron chi connectivity index (χ0n) is 9.49. The first kappa shape index (κ1) is 13.8. The number of carboxylic acids is 1. The van der Waals surface area contributed by atoms with Crippen LogP contribution in [0.2, 0.25) is 0 Å². The molecule has 0 heterocycles. The maximum Gasteiger partial charge on any atom is 0.303 e. The number of unbranched alkanes of at least 4 members (excludes halogenated alkanes) is 2. The molecule has 1 aromatic carbocycles. The van der Waals surface area contributed by atoms with Crippen LogP contribution in [0.3, 0.4) is 0 Å². The second-order valence-corrected chi connectivity index (χ2v) is 4.87. The molecule has 94 valence electrons. The molecular formula is C12H16FNO2S. The lowest BCUT2D eigenvalue weighted by atomic mass is 10.2.